The maximum Gasteiger partial charge on any atom is 0.314 e. The molecule has 0 saturated heterocycles. The summed E-state index contributed by atoms with van der Waals surface area (Å²) in [5.74, 6) is 0.479. The Morgan fingerprint density at radius 3 is 2.44 bits per heavy atom. The molecule has 0 radical (unpaired) electrons. The molecule has 0 aromatic rings. The number of amides is 2. The fraction of sp³-hybridized carbons (Fsp3) is 0.833. The van der Waals surface area contributed by atoms with E-state index in [0.29, 0.717) is 19.0 Å². The molecule has 18 heavy (non-hydrogen) atoms. The maximum atomic E-state index is 11.4. The molecule has 0 bridgehead atoms. The Labute approximate surface area is 113 Å². The van der Waals surface area contributed by atoms with E-state index < -0.39 is 5.97 Å². The SMILES string of the molecule is CSCCNC(=O)NCC(CC(=O)O)CC(C)C. The monoisotopic (exact) mass is 276 g/mol. The second kappa shape index (κ2) is 10.1. The minimum absolute atomic E-state index is 0.00574. The number of hydrogen-bond donors (Lipinski definition) is 3. The second-order valence-electron chi connectivity index (χ2n) is 4.72. The molecule has 0 rings (SSSR count). The van der Waals surface area contributed by atoms with Crippen LogP contribution in [0.25, 0.3) is 0 Å². The van der Waals surface area contributed by atoms with Crippen molar-refractivity contribution in [1.29, 1.82) is 0 Å². The number of carbonyl (C=O) groups is 2. The maximum absolute atomic E-state index is 11.4. The van der Waals surface area contributed by atoms with Gasteiger partial charge in [0.1, 0.15) is 0 Å². The van der Waals surface area contributed by atoms with Gasteiger partial charge >= 0.3 is 12.0 Å². The highest BCUT2D eigenvalue weighted by Gasteiger charge is 2.15. The van der Waals surface area contributed by atoms with Crippen molar-refractivity contribution in [3.8, 4) is 0 Å². The number of nitrogens with one attached hydrogen (secondary N) is 2. The van der Waals surface area contributed by atoms with Crippen molar-refractivity contribution in [2.24, 2.45) is 11.8 Å². The number of carbonyl (C=O) groups excluding carboxylic acids is 1. The van der Waals surface area contributed by atoms with E-state index in [4.69, 9.17) is 5.11 Å². The van der Waals surface area contributed by atoms with E-state index in [-0.39, 0.29) is 18.4 Å². The van der Waals surface area contributed by atoms with Crippen LogP contribution < -0.4 is 10.6 Å². The summed E-state index contributed by atoms with van der Waals surface area (Å²) in [5, 5.41) is 14.3. The smallest absolute Gasteiger partial charge is 0.314 e. The van der Waals surface area contributed by atoms with Gasteiger partial charge in [-0.1, -0.05) is 13.8 Å². The van der Waals surface area contributed by atoms with Crippen LogP contribution in [-0.2, 0) is 4.79 Å². The third-order valence-electron chi connectivity index (χ3n) is 2.41. The third-order valence-corrected chi connectivity index (χ3v) is 3.02. The van der Waals surface area contributed by atoms with Gasteiger partial charge in [-0.25, -0.2) is 4.79 Å². The van der Waals surface area contributed by atoms with Gasteiger partial charge in [-0.15, -0.1) is 0 Å². The predicted molar refractivity (Wildman–Crippen MR) is 75.0 cm³/mol. The minimum atomic E-state index is -0.815. The van der Waals surface area contributed by atoms with Crippen molar-refractivity contribution in [1.82, 2.24) is 10.6 Å². The zero-order valence-electron chi connectivity index (χ0n) is 11.4. The summed E-state index contributed by atoms with van der Waals surface area (Å²) in [6.07, 6.45) is 2.88. The molecule has 0 fully saturated rings. The van der Waals surface area contributed by atoms with Crippen LogP contribution in [-0.4, -0.2) is 42.2 Å². The van der Waals surface area contributed by atoms with E-state index in [9.17, 15) is 9.59 Å². The van der Waals surface area contributed by atoms with Crippen molar-refractivity contribution in [3.05, 3.63) is 0 Å². The molecule has 5 nitrogen and oxygen atoms in total. The molecule has 0 spiro atoms. The Hall–Kier alpha value is -0.910. The summed E-state index contributed by atoms with van der Waals surface area (Å²) in [5.41, 5.74) is 0. The van der Waals surface area contributed by atoms with Gasteiger partial charge < -0.3 is 15.7 Å². The predicted octanol–water partition coefficient (Wildman–Crippen LogP) is 1.79. The molecule has 3 N–H and O–H groups in total. The van der Waals surface area contributed by atoms with Gasteiger partial charge in [-0.2, -0.15) is 11.8 Å². The first-order chi connectivity index (χ1) is 8.45. The Bertz CT molecular complexity index is 260. The van der Waals surface area contributed by atoms with Crippen LogP contribution in [0.2, 0.25) is 0 Å². The molecule has 0 aliphatic heterocycles. The van der Waals surface area contributed by atoms with Gasteiger partial charge in [0.2, 0.25) is 0 Å². The van der Waals surface area contributed by atoms with Gasteiger partial charge in [-0.05, 0) is 24.5 Å². The van der Waals surface area contributed by atoms with Crippen LogP contribution in [0.5, 0.6) is 0 Å². The number of urea groups is 1. The highest BCUT2D eigenvalue weighted by molar-refractivity contribution is 7.98. The average Bonchev–Trinajstić information content (AvgIpc) is 2.25. The highest BCUT2D eigenvalue weighted by atomic mass is 32.2. The lowest BCUT2D eigenvalue weighted by Gasteiger charge is -2.18. The van der Waals surface area contributed by atoms with E-state index >= 15 is 0 Å². The molecule has 1 atom stereocenters. The molecule has 0 aromatic heterocycles. The first-order valence-corrected chi connectivity index (χ1v) is 7.57. The topological polar surface area (TPSA) is 78.4 Å². The van der Waals surface area contributed by atoms with Crippen molar-refractivity contribution in [3.63, 3.8) is 0 Å². The van der Waals surface area contributed by atoms with Crippen molar-refractivity contribution in [2.75, 3.05) is 25.1 Å². The first-order valence-electron chi connectivity index (χ1n) is 6.18. The molecule has 0 heterocycles. The molecule has 106 valence electrons. The minimum Gasteiger partial charge on any atom is -0.481 e. The molecular weight excluding hydrogens is 252 g/mol. The summed E-state index contributed by atoms with van der Waals surface area (Å²) in [6, 6.07) is -0.219. The molecular formula is C12H24N2O3S. The lowest BCUT2D eigenvalue weighted by Crippen LogP contribution is -2.39. The Kier molecular flexibility index (Phi) is 9.55. The summed E-state index contributed by atoms with van der Waals surface area (Å²) >= 11 is 1.66. The normalized spacial score (nSPS) is 12.2. The number of carboxylic acid groups (broad SMARTS) is 1. The number of carboxylic acids is 1. The molecule has 0 aliphatic carbocycles. The van der Waals surface area contributed by atoms with Crippen LogP contribution in [0.4, 0.5) is 4.79 Å². The molecule has 0 aromatic carbocycles. The molecule has 6 heteroatoms. The number of hydrogen-bond acceptors (Lipinski definition) is 3. The lowest BCUT2D eigenvalue weighted by molar-refractivity contribution is -0.138. The Morgan fingerprint density at radius 2 is 1.94 bits per heavy atom. The fourth-order valence-electron chi connectivity index (χ4n) is 1.72. The zero-order chi connectivity index (χ0) is 14.0. The molecule has 1 unspecified atom stereocenters. The first kappa shape index (κ1) is 17.1. The van der Waals surface area contributed by atoms with Crippen molar-refractivity contribution < 1.29 is 14.7 Å². The van der Waals surface area contributed by atoms with Crippen LogP contribution in [0.15, 0.2) is 0 Å². The summed E-state index contributed by atoms with van der Waals surface area (Å²) in [4.78, 5) is 22.1. The van der Waals surface area contributed by atoms with E-state index in [1.807, 2.05) is 20.1 Å². The number of aliphatic carboxylic acids is 1. The Morgan fingerprint density at radius 1 is 1.28 bits per heavy atom. The van der Waals surface area contributed by atoms with E-state index in [0.717, 1.165) is 12.2 Å². The standard InChI is InChI=1S/C12H24N2O3S/c1-9(2)6-10(7-11(15)16)8-14-12(17)13-4-5-18-3/h9-10H,4-8H2,1-3H3,(H,15,16)(H2,13,14,17). The van der Waals surface area contributed by atoms with Gasteiger partial charge in [0, 0.05) is 25.3 Å². The van der Waals surface area contributed by atoms with Gasteiger partial charge in [-0.3, -0.25) is 4.79 Å². The van der Waals surface area contributed by atoms with Crippen LogP contribution in [0.1, 0.15) is 26.7 Å². The Balaban J connectivity index is 3.93. The van der Waals surface area contributed by atoms with Gasteiger partial charge in [0.25, 0.3) is 0 Å². The van der Waals surface area contributed by atoms with Crippen LogP contribution >= 0.6 is 11.8 Å². The summed E-state index contributed by atoms with van der Waals surface area (Å²) in [6.45, 7) is 5.14. The molecule has 0 saturated carbocycles. The quantitative estimate of drug-likeness (QED) is 0.561. The lowest BCUT2D eigenvalue weighted by atomic mass is 9.94. The van der Waals surface area contributed by atoms with Crippen LogP contribution in [0, 0.1) is 11.8 Å². The highest BCUT2D eigenvalue weighted by Crippen LogP contribution is 2.14. The van der Waals surface area contributed by atoms with Gasteiger partial charge in [0.15, 0.2) is 0 Å². The number of rotatable bonds is 9. The summed E-state index contributed by atoms with van der Waals surface area (Å²) in [7, 11) is 0. The molecule has 2 amide bonds. The van der Waals surface area contributed by atoms with Crippen molar-refractivity contribution >= 4 is 23.8 Å². The van der Waals surface area contributed by atoms with E-state index in [1.54, 1.807) is 11.8 Å². The summed E-state index contributed by atoms with van der Waals surface area (Å²) < 4.78 is 0. The van der Waals surface area contributed by atoms with Gasteiger partial charge in [0.05, 0.1) is 0 Å². The van der Waals surface area contributed by atoms with E-state index in [2.05, 4.69) is 10.6 Å². The molecule has 0 aliphatic rings. The number of thioether (sulfide) groups is 1. The third kappa shape index (κ3) is 10.3. The average molecular weight is 276 g/mol. The largest absolute Gasteiger partial charge is 0.481 e. The van der Waals surface area contributed by atoms with E-state index in [1.165, 1.54) is 0 Å². The van der Waals surface area contributed by atoms with Crippen LogP contribution in [0.3, 0.4) is 0 Å². The fourth-order valence-corrected chi connectivity index (χ4v) is 2.02. The zero-order valence-corrected chi connectivity index (χ0v) is 12.2. The second-order valence-corrected chi connectivity index (χ2v) is 5.71. The van der Waals surface area contributed by atoms with Crippen molar-refractivity contribution in [2.45, 2.75) is 26.7 Å².